The van der Waals surface area contributed by atoms with Crippen LogP contribution in [0.3, 0.4) is 0 Å². The van der Waals surface area contributed by atoms with Gasteiger partial charge in [-0.2, -0.15) is 5.10 Å². The third-order valence-electron chi connectivity index (χ3n) is 2.71. The van der Waals surface area contributed by atoms with Crippen LogP contribution in [-0.2, 0) is 17.8 Å². The van der Waals surface area contributed by atoms with Gasteiger partial charge in [0.1, 0.15) is 6.29 Å². The van der Waals surface area contributed by atoms with E-state index in [2.05, 4.69) is 12.0 Å². The molecular formula is C10H14N2O. The summed E-state index contributed by atoms with van der Waals surface area (Å²) in [6.07, 6.45) is 7.98. The van der Waals surface area contributed by atoms with E-state index in [-0.39, 0.29) is 5.41 Å². The highest BCUT2D eigenvalue weighted by Crippen LogP contribution is 2.46. The van der Waals surface area contributed by atoms with Gasteiger partial charge in [0.05, 0.1) is 6.20 Å². The Kier molecular flexibility index (Phi) is 1.94. The van der Waals surface area contributed by atoms with Gasteiger partial charge in [0.15, 0.2) is 0 Å². The van der Waals surface area contributed by atoms with Gasteiger partial charge in [-0.15, -0.1) is 0 Å². The van der Waals surface area contributed by atoms with Crippen molar-refractivity contribution >= 4 is 6.29 Å². The molecule has 1 aliphatic rings. The van der Waals surface area contributed by atoms with Crippen LogP contribution in [0.25, 0.3) is 0 Å². The Morgan fingerprint density at radius 3 is 2.92 bits per heavy atom. The molecule has 1 fully saturated rings. The highest BCUT2D eigenvalue weighted by molar-refractivity contribution is 5.64. The van der Waals surface area contributed by atoms with Crippen LogP contribution in [0.4, 0.5) is 0 Å². The Labute approximate surface area is 77.7 Å². The molecule has 1 aromatic heterocycles. The molecule has 0 bridgehead atoms. The Morgan fingerprint density at radius 1 is 1.69 bits per heavy atom. The van der Waals surface area contributed by atoms with E-state index in [1.807, 2.05) is 17.1 Å². The minimum absolute atomic E-state index is 0.0262. The standard InChI is InChI=1S/C10H14N2O/c1-2-12-7-9(6-11-12)5-10(8-13)3-4-10/h6-8H,2-5H2,1H3. The van der Waals surface area contributed by atoms with E-state index in [1.54, 1.807) is 0 Å². The third kappa shape index (κ3) is 1.64. The molecule has 0 spiro atoms. The van der Waals surface area contributed by atoms with Crippen molar-refractivity contribution < 1.29 is 4.79 Å². The Morgan fingerprint density at radius 2 is 2.46 bits per heavy atom. The molecule has 3 nitrogen and oxygen atoms in total. The monoisotopic (exact) mass is 178 g/mol. The van der Waals surface area contributed by atoms with E-state index in [9.17, 15) is 4.79 Å². The van der Waals surface area contributed by atoms with E-state index in [1.165, 1.54) is 5.56 Å². The molecule has 0 radical (unpaired) electrons. The second-order valence-electron chi connectivity index (χ2n) is 3.86. The smallest absolute Gasteiger partial charge is 0.126 e. The molecule has 70 valence electrons. The van der Waals surface area contributed by atoms with E-state index in [4.69, 9.17) is 0 Å². The van der Waals surface area contributed by atoms with Gasteiger partial charge in [0.2, 0.25) is 0 Å². The van der Waals surface area contributed by atoms with Gasteiger partial charge in [-0.1, -0.05) is 0 Å². The summed E-state index contributed by atoms with van der Waals surface area (Å²) < 4.78 is 1.90. The van der Waals surface area contributed by atoms with Crippen molar-refractivity contribution in [3.63, 3.8) is 0 Å². The summed E-state index contributed by atoms with van der Waals surface area (Å²) in [6, 6.07) is 0. The molecule has 0 unspecified atom stereocenters. The summed E-state index contributed by atoms with van der Waals surface area (Å²) >= 11 is 0. The molecule has 0 aliphatic heterocycles. The molecule has 1 aliphatic carbocycles. The minimum Gasteiger partial charge on any atom is -0.303 e. The van der Waals surface area contributed by atoms with Crippen molar-refractivity contribution in [1.82, 2.24) is 9.78 Å². The van der Waals surface area contributed by atoms with Crippen LogP contribution in [-0.4, -0.2) is 16.1 Å². The fourth-order valence-corrected chi connectivity index (χ4v) is 1.57. The Balaban J connectivity index is 2.05. The molecule has 0 amide bonds. The van der Waals surface area contributed by atoms with Gasteiger partial charge in [-0.05, 0) is 31.7 Å². The van der Waals surface area contributed by atoms with Gasteiger partial charge in [-0.3, -0.25) is 4.68 Å². The quantitative estimate of drug-likeness (QED) is 0.654. The van der Waals surface area contributed by atoms with E-state index < -0.39 is 0 Å². The number of aryl methyl sites for hydroxylation is 1. The van der Waals surface area contributed by atoms with E-state index in [0.29, 0.717) is 0 Å². The molecular weight excluding hydrogens is 164 g/mol. The largest absolute Gasteiger partial charge is 0.303 e. The molecule has 13 heavy (non-hydrogen) atoms. The zero-order valence-electron chi connectivity index (χ0n) is 7.86. The lowest BCUT2D eigenvalue weighted by Gasteiger charge is -2.02. The molecule has 0 aromatic carbocycles. The fraction of sp³-hybridized carbons (Fsp3) is 0.600. The number of hydrogen-bond donors (Lipinski definition) is 0. The maximum atomic E-state index is 10.7. The Hall–Kier alpha value is -1.12. The van der Waals surface area contributed by atoms with Crippen LogP contribution in [0.1, 0.15) is 25.3 Å². The maximum absolute atomic E-state index is 10.7. The van der Waals surface area contributed by atoms with Crippen LogP contribution in [0.5, 0.6) is 0 Å². The molecule has 1 heterocycles. The van der Waals surface area contributed by atoms with Crippen molar-refractivity contribution in [2.24, 2.45) is 5.41 Å². The van der Waals surface area contributed by atoms with Crippen molar-refractivity contribution in [2.75, 3.05) is 0 Å². The number of aromatic nitrogens is 2. The first-order chi connectivity index (χ1) is 6.28. The number of carbonyl (C=O) groups is 1. The summed E-state index contributed by atoms with van der Waals surface area (Å²) in [5.74, 6) is 0. The fourth-order valence-electron chi connectivity index (χ4n) is 1.57. The number of aldehydes is 1. The van der Waals surface area contributed by atoms with Crippen molar-refractivity contribution in [2.45, 2.75) is 32.7 Å². The normalized spacial score (nSPS) is 18.5. The summed E-state index contributed by atoms with van der Waals surface area (Å²) in [5.41, 5.74) is 1.16. The number of hydrogen-bond acceptors (Lipinski definition) is 2. The van der Waals surface area contributed by atoms with Crippen molar-refractivity contribution in [3.8, 4) is 0 Å². The summed E-state index contributed by atoms with van der Waals surface area (Å²) in [4.78, 5) is 10.7. The van der Waals surface area contributed by atoms with Crippen molar-refractivity contribution in [1.29, 1.82) is 0 Å². The highest BCUT2D eigenvalue weighted by Gasteiger charge is 2.42. The molecule has 0 saturated heterocycles. The first-order valence-corrected chi connectivity index (χ1v) is 4.76. The molecule has 1 aromatic rings. The van der Waals surface area contributed by atoms with Gasteiger partial charge in [0.25, 0.3) is 0 Å². The molecule has 1 saturated carbocycles. The SMILES string of the molecule is CCn1cc(CC2(C=O)CC2)cn1. The lowest BCUT2D eigenvalue weighted by atomic mass is 10.0. The average Bonchev–Trinajstić information content (AvgIpc) is 2.77. The van der Waals surface area contributed by atoms with Gasteiger partial charge >= 0.3 is 0 Å². The molecule has 3 heteroatoms. The average molecular weight is 178 g/mol. The second-order valence-corrected chi connectivity index (χ2v) is 3.86. The Bertz CT molecular complexity index is 312. The summed E-state index contributed by atoms with van der Waals surface area (Å²) in [6.45, 7) is 2.96. The lowest BCUT2D eigenvalue weighted by molar-refractivity contribution is -0.112. The van der Waals surface area contributed by atoms with Crippen LogP contribution < -0.4 is 0 Å². The molecule has 2 rings (SSSR count). The minimum atomic E-state index is -0.0262. The maximum Gasteiger partial charge on any atom is 0.126 e. The zero-order chi connectivity index (χ0) is 9.31. The number of carbonyl (C=O) groups excluding carboxylic acids is 1. The molecule has 0 atom stereocenters. The zero-order valence-corrected chi connectivity index (χ0v) is 7.86. The van der Waals surface area contributed by atoms with Crippen LogP contribution in [0, 0.1) is 5.41 Å². The molecule has 0 N–H and O–H groups in total. The van der Waals surface area contributed by atoms with Gasteiger partial charge in [0, 0.05) is 18.2 Å². The van der Waals surface area contributed by atoms with E-state index in [0.717, 1.165) is 32.1 Å². The lowest BCUT2D eigenvalue weighted by Crippen LogP contribution is -2.05. The summed E-state index contributed by atoms with van der Waals surface area (Å²) in [7, 11) is 0. The van der Waals surface area contributed by atoms with Gasteiger partial charge < -0.3 is 4.79 Å². The topological polar surface area (TPSA) is 34.9 Å². The van der Waals surface area contributed by atoms with Crippen LogP contribution in [0.15, 0.2) is 12.4 Å². The summed E-state index contributed by atoms with van der Waals surface area (Å²) in [5, 5.41) is 4.18. The predicted octanol–water partition coefficient (Wildman–Crippen LogP) is 1.42. The predicted molar refractivity (Wildman–Crippen MR) is 49.3 cm³/mol. The third-order valence-corrected chi connectivity index (χ3v) is 2.71. The van der Waals surface area contributed by atoms with Gasteiger partial charge in [-0.25, -0.2) is 0 Å². The number of rotatable bonds is 4. The van der Waals surface area contributed by atoms with Crippen molar-refractivity contribution in [3.05, 3.63) is 18.0 Å². The second kappa shape index (κ2) is 2.98. The van der Waals surface area contributed by atoms with Crippen LogP contribution >= 0.6 is 0 Å². The van der Waals surface area contributed by atoms with Crippen LogP contribution in [0.2, 0.25) is 0 Å². The first kappa shape index (κ1) is 8.48. The van der Waals surface area contributed by atoms with E-state index >= 15 is 0 Å². The first-order valence-electron chi connectivity index (χ1n) is 4.76. The highest BCUT2D eigenvalue weighted by atomic mass is 16.1. The number of nitrogens with zero attached hydrogens (tertiary/aromatic N) is 2.